The molecule has 2 rings (SSSR count). The Hall–Kier alpha value is -1.22. The largest absolute Gasteiger partial charge is 0.399 e. The number of hydrogen-bond donors (Lipinski definition) is 2. The normalized spacial score (nSPS) is 16.5. The Kier molecular flexibility index (Phi) is 6.34. The van der Waals surface area contributed by atoms with Crippen LogP contribution >= 0.6 is 12.4 Å². The number of benzene rings is 1. The van der Waals surface area contributed by atoms with Crippen LogP contribution in [-0.2, 0) is 4.79 Å². The molecule has 1 saturated carbocycles. The van der Waals surface area contributed by atoms with Crippen LogP contribution in [0.4, 0.5) is 11.4 Å². The van der Waals surface area contributed by atoms with Crippen molar-refractivity contribution >= 4 is 29.7 Å². The summed E-state index contributed by atoms with van der Waals surface area (Å²) < 4.78 is 0. The minimum atomic E-state index is 0. The summed E-state index contributed by atoms with van der Waals surface area (Å²) in [5.41, 5.74) is 8.33. The molecule has 1 fully saturated rings. The fourth-order valence-corrected chi connectivity index (χ4v) is 2.88. The maximum atomic E-state index is 12.2. The number of carbonyl (C=O) groups is 1. The average Bonchev–Trinajstić information content (AvgIpc) is 2.86. The molecule has 1 amide bonds. The summed E-state index contributed by atoms with van der Waals surface area (Å²) in [6, 6.07) is 5.62. The molecule has 4 heteroatoms. The highest BCUT2D eigenvalue weighted by molar-refractivity contribution is 5.93. The van der Waals surface area contributed by atoms with Crippen molar-refractivity contribution in [3.05, 3.63) is 23.8 Å². The van der Waals surface area contributed by atoms with E-state index in [0.29, 0.717) is 5.69 Å². The van der Waals surface area contributed by atoms with Gasteiger partial charge in [-0.15, -0.1) is 12.4 Å². The van der Waals surface area contributed by atoms with E-state index in [1.807, 2.05) is 32.0 Å². The van der Waals surface area contributed by atoms with E-state index >= 15 is 0 Å². The number of nitrogens with one attached hydrogen (secondary N) is 1. The van der Waals surface area contributed by atoms with Crippen LogP contribution in [0.15, 0.2) is 18.2 Å². The fourth-order valence-electron chi connectivity index (χ4n) is 2.88. The molecule has 112 valence electrons. The zero-order valence-electron chi connectivity index (χ0n) is 12.3. The lowest BCUT2D eigenvalue weighted by atomic mass is 9.94. The number of rotatable bonds is 4. The second kappa shape index (κ2) is 7.53. The van der Waals surface area contributed by atoms with Gasteiger partial charge < -0.3 is 11.1 Å². The van der Waals surface area contributed by atoms with Gasteiger partial charge in [-0.1, -0.05) is 38.7 Å². The summed E-state index contributed by atoms with van der Waals surface area (Å²) in [7, 11) is 0. The van der Waals surface area contributed by atoms with Crippen molar-refractivity contribution < 1.29 is 4.79 Å². The first kappa shape index (κ1) is 16.8. The Morgan fingerprint density at radius 2 is 2.05 bits per heavy atom. The second-order valence-corrected chi connectivity index (χ2v) is 5.85. The monoisotopic (exact) mass is 296 g/mol. The maximum Gasteiger partial charge on any atom is 0.227 e. The Bertz CT molecular complexity index is 456. The van der Waals surface area contributed by atoms with Gasteiger partial charge in [0.25, 0.3) is 0 Å². The van der Waals surface area contributed by atoms with Crippen molar-refractivity contribution in [2.45, 2.75) is 46.0 Å². The van der Waals surface area contributed by atoms with Crippen LogP contribution in [0.2, 0.25) is 0 Å². The van der Waals surface area contributed by atoms with Crippen molar-refractivity contribution in [2.24, 2.45) is 11.8 Å². The Morgan fingerprint density at radius 3 is 2.70 bits per heavy atom. The zero-order chi connectivity index (χ0) is 13.8. The van der Waals surface area contributed by atoms with Crippen molar-refractivity contribution in [3.63, 3.8) is 0 Å². The lowest BCUT2D eigenvalue weighted by molar-refractivity contribution is -0.119. The van der Waals surface area contributed by atoms with E-state index in [1.54, 1.807) is 0 Å². The SMILES string of the molecule is Cc1ccc(N)cc1NC(=O)C(C)CC1CCCC1.Cl. The summed E-state index contributed by atoms with van der Waals surface area (Å²) in [5, 5.41) is 3.01. The van der Waals surface area contributed by atoms with Gasteiger partial charge in [-0.3, -0.25) is 4.79 Å². The molecule has 0 radical (unpaired) electrons. The molecule has 0 aliphatic heterocycles. The van der Waals surface area contributed by atoms with Crippen LogP contribution in [-0.4, -0.2) is 5.91 Å². The molecular weight excluding hydrogens is 272 g/mol. The first-order valence-electron chi connectivity index (χ1n) is 7.23. The number of nitrogens with two attached hydrogens (primary N) is 1. The van der Waals surface area contributed by atoms with Crippen LogP contribution in [0.25, 0.3) is 0 Å². The van der Waals surface area contributed by atoms with Crippen LogP contribution in [0.3, 0.4) is 0 Å². The molecule has 20 heavy (non-hydrogen) atoms. The molecule has 0 spiro atoms. The van der Waals surface area contributed by atoms with Gasteiger partial charge in [0.2, 0.25) is 5.91 Å². The van der Waals surface area contributed by atoms with Crippen molar-refractivity contribution in [2.75, 3.05) is 11.1 Å². The minimum Gasteiger partial charge on any atom is -0.399 e. The van der Waals surface area contributed by atoms with E-state index in [1.165, 1.54) is 25.7 Å². The highest BCUT2D eigenvalue weighted by Gasteiger charge is 2.22. The number of anilines is 2. The predicted molar refractivity (Wildman–Crippen MR) is 87.2 cm³/mol. The van der Waals surface area contributed by atoms with Crippen LogP contribution in [0, 0.1) is 18.8 Å². The van der Waals surface area contributed by atoms with E-state index in [4.69, 9.17) is 5.73 Å². The molecule has 0 bridgehead atoms. The van der Waals surface area contributed by atoms with E-state index in [0.717, 1.165) is 23.6 Å². The van der Waals surface area contributed by atoms with Crippen molar-refractivity contribution in [1.29, 1.82) is 0 Å². The third-order valence-electron chi connectivity index (χ3n) is 4.13. The summed E-state index contributed by atoms with van der Waals surface area (Å²) >= 11 is 0. The van der Waals surface area contributed by atoms with E-state index in [9.17, 15) is 4.79 Å². The molecule has 0 saturated heterocycles. The highest BCUT2D eigenvalue weighted by Crippen LogP contribution is 2.30. The number of carbonyl (C=O) groups excluding carboxylic acids is 1. The average molecular weight is 297 g/mol. The third-order valence-corrected chi connectivity index (χ3v) is 4.13. The maximum absolute atomic E-state index is 12.2. The standard InChI is InChI=1S/C16H24N2O.ClH/c1-11-7-8-14(17)10-15(11)18-16(19)12(2)9-13-5-3-4-6-13;/h7-8,10,12-13H,3-6,9,17H2,1-2H3,(H,18,19);1H. The molecular formula is C16H25ClN2O. The van der Waals surface area contributed by atoms with E-state index in [2.05, 4.69) is 5.32 Å². The Labute approximate surface area is 127 Å². The van der Waals surface area contributed by atoms with Crippen LogP contribution < -0.4 is 11.1 Å². The van der Waals surface area contributed by atoms with Gasteiger partial charge >= 0.3 is 0 Å². The Morgan fingerprint density at radius 1 is 1.40 bits per heavy atom. The Balaban J connectivity index is 0.00000200. The topological polar surface area (TPSA) is 55.1 Å². The molecule has 1 aliphatic carbocycles. The van der Waals surface area contributed by atoms with Crippen molar-refractivity contribution in [1.82, 2.24) is 0 Å². The fraction of sp³-hybridized carbons (Fsp3) is 0.562. The number of halogens is 1. The summed E-state index contributed by atoms with van der Waals surface area (Å²) in [6.45, 7) is 4.01. The van der Waals surface area contributed by atoms with Crippen molar-refractivity contribution in [3.8, 4) is 0 Å². The smallest absolute Gasteiger partial charge is 0.227 e. The predicted octanol–water partition coefficient (Wildman–Crippen LogP) is 4.15. The van der Waals surface area contributed by atoms with Gasteiger partial charge in [-0.25, -0.2) is 0 Å². The molecule has 1 aromatic carbocycles. The molecule has 3 nitrogen and oxygen atoms in total. The van der Waals surface area contributed by atoms with Gasteiger partial charge in [0, 0.05) is 17.3 Å². The third kappa shape index (κ3) is 4.41. The molecule has 0 heterocycles. The first-order chi connectivity index (χ1) is 9.06. The quantitative estimate of drug-likeness (QED) is 0.820. The van der Waals surface area contributed by atoms with Crippen LogP contribution in [0.1, 0.15) is 44.6 Å². The van der Waals surface area contributed by atoms with Crippen LogP contribution in [0.5, 0.6) is 0 Å². The molecule has 0 aromatic heterocycles. The first-order valence-corrected chi connectivity index (χ1v) is 7.23. The minimum absolute atomic E-state index is 0. The number of aryl methyl sites for hydroxylation is 1. The highest BCUT2D eigenvalue weighted by atomic mass is 35.5. The second-order valence-electron chi connectivity index (χ2n) is 5.85. The van der Waals surface area contributed by atoms with E-state index < -0.39 is 0 Å². The molecule has 1 aromatic rings. The molecule has 1 unspecified atom stereocenters. The summed E-state index contributed by atoms with van der Waals surface area (Å²) in [6.07, 6.45) is 6.23. The molecule has 1 atom stereocenters. The van der Waals surface area contributed by atoms with E-state index in [-0.39, 0.29) is 24.2 Å². The van der Waals surface area contributed by atoms with Gasteiger partial charge in [0.05, 0.1) is 0 Å². The summed E-state index contributed by atoms with van der Waals surface area (Å²) in [5.74, 6) is 0.923. The molecule has 1 aliphatic rings. The zero-order valence-corrected chi connectivity index (χ0v) is 13.1. The number of hydrogen-bond acceptors (Lipinski definition) is 2. The lowest BCUT2D eigenvalue weighted by Crippen LogP contribution is -2.22. The lowest BCUT2D eigenvalue weighted by Gasteiger charge is -2.17. The number of nitrogen functional groups attached to an aromatic ring is 1. The summed E-state index contributed by atoms with van der Waals surface area (Å²) in [4.78, 5) is 12.2. The van der Waals surface area contributed by atoms with Gasteiger partial charge in [0.1, 0.15) is 0 Å². The molecule has 3 N–H and O–H groups in total. The van der Waals surface area contributed by atoms with Gasteiger partial charge in [-0.05, 0) is 37.0 Å². The van der Waals surface area contributed by atoms with Gasteiger partial charge in [-0.2, -0.15) is 0 Å². The van der Waals surface area contributed by atoms with Gasteiger partial charge in [0.15, 0.2) is 0 Å². The number of amides is 1.